The number of likely N-dealkylation sites (tertiary alicyclic amines) is 1. The quantitative estimate of drug-likeness (QED) is 0.564. The molecule has 16 heavy (non-hydrogen) atoms. The number of nitrogens with one attached hydrogen (secondary N) is 1. The van der Waals surface area contributed by atoms with Crippen molar-refractivity contribution in [2.24, 2.45) is 0 Å². The van der Waals surface area contributed by atoms with Crippen LogP contribution in [0.2, 0.25) is 0 Å². The van der Waals surface area contributed by atoms with Crippen LogP contribution in [0.4, 0.5) is 0 Å². The summed E-state index contributed by atoms with van der Waals surface area (Å²) < 4.78 is 4.51. The average Bonchev–Trinajstić information content (AvgIpc) is 2.30. The lowest BCUT2D eigenvalue weighted by atomic mass is 10.1. The average molecular weight is 226 g/mol. The number of nitrogens with zero attached hydrogens (tertiary/aromatic N) is 1. The minimum absolute atomic E-state index is 0.322. The first kappa shape index (κ1) is 13.0. The third-order valence-corrected chi connectivity index (χ3v) is 2.78. The highest BCUT2D eigenvalue weighted by atomic mass is 16.5. The number of esters is 1. The number of carbonyl (C=O) groups is 1. The molecular weight excluding hydrogens is 204 g/mol. The molecule has 4 heteroatoms. The summed E-state index contributed by atoms with van der Waals surface area (Å²) in [7, 11) is 1.38. The Morgan fingerprint density at radius 1 is 1.44 bits per heavy atom. The van der Waals surface area contributed by atoms with Crippen molar-refractivity contribution in [2.75, 3.05) is 26.7 Å². The second kappa shape index (κ2) is 7.28. The van der Waals surface area contributed by atoms with Gasteiger partial charge < -0.3 is 15.0 Å². The van der Waals surface area contributed by atoms with Crippen LogP contribution in [0.15, 0.2) is 12.3 Å². The van der Waals surface area contributed by atoms with Crippen LogP contribution in [-0.2, 0) is 9.53 Å². The van der Waals surface area contributed by atoms with Gasteiger partial charge in [0, 0.05) is 24.9 Å². The summed E-state index contributed by atoms with van der Waals surface area (Å²) >= 11 is 0. The van der Waals surface area contributed by atoms with Crippen LogP contribution < -0.4 is 5.32 Å². The van der Waals surface area contributed by atoms with Gasteiger partial charge in [-0.1, -0.05) is 6.42 Å². The van der Waals surface area contributed by atoms with Crippen LogP contribution in [0.1, 0.15) is 26.2 Å². The van der Waals surface area contributed by atoms with Gasteiger partial charge in [-0.15, -0.1) is 0 Å². The van der Waals surface area contributed by atoms with Gasteiger partial charge >= 0.3 is 5.97 Å². The van der Waals surface area contributed by atoms with Gasteiger partial charge in [-0.05, 0) is 32.9 Å². The molecule has 1 unspecified atom stereocenters. The largest absolute Gasteiger partial charge is 0.466 e. The molecule has 1 rings (SSSR count). The monoisotopic (exact) mass is 226 g/mol. The minimum Gasteiger partial charge on any atom is -0.466 e. The molecule has 1 fully saturated rings. The fourth-order valence-corrected chi connectivity index (χ4v) is 1.93. The van der Waals surface area contributed by atoms with Crippen LogP contribution in [-0.4, -0.2) is 43.7 Å². The van der Waals surface area contributed by atoms with Gasteiger partial charge in [0.05, 0.1) is 7.11 Å². The second-order valence-electron chi connectivity index (χ2n) is 4.29. The Morgan fingerprint density at radius 3 is 2.75 bits per heavy atom. The third kappa shape index (κ3) is 5.16. The third-order valence-electron chi connectivity index (χ3n) is 2.78. The van der Waals surface area contributed by atoms with E-state index in [1.54, 1.807) is 6.20 Å². The van der Waals surface area contributed by atoms with Crippen molar-refractivity contribution in [1.29, 1.82) is 0 Å². The molecule has 0 radical (unpaired) electrons. The standard InChI is InChI=1S/C12H22N2O2/c1-11(13-7-6-12(15)16-2)10-14-8-4-3-5-9-14/h6-7,11,13H,3-5,8-10H2,1-2H3/b7-6+. The van der Waals surface area contributed by atoms with E-state index in [1.165, 1.54) is 45.5 Å². The number of ether oxygens (including phenoxy) is 1. The molecule has 4 nitrogen and oxygen atoms in total. The first-order valence-electron chi connectivity index (χ1n) is 5.95. The molecule has 1 atom stereocenters. The zero-order chi connectivity index (χ0) is 11.8. The minimum atomic E-state index is -0.322. The number of methoxy groups -OCH3 is 1. The van der Waals surface area contributed by atoms with Crippen molar-refractivity contribution in [1.82, 2.24) is 10.2 Å². The molecule has 0 bridgehead atoms. The van der Waals surface area contributed by atoms with E-state index in [2.05, 4.69) is 21.9 Å². The predicted molar refractivity (Wildman–Crippen MR) is 64.0 cm³/mol. The highest BCUT2D eigenvalue weighted by molar-refractivity contribution is 5.81. The molecule has 1 saturated heterocycles. The van der Waals surface area contributed by atoms with E-state index < -0.39 is 0 Å². The summed E-state index contributed by atoms with van der Waals surface area (Å²) in [6, 6.07) is 0.360. The van der Waals surface area contributed by atoms with Crippen molar-refractivity contribution in [2.45, 2.75) is 32.2 Å². The number of carbonyl (C=O) groups excluding carboxylic acids is 1. The number of piperidine rings is 1. The van der Waals surface area contributed by atoms with Gasteiger partial charge in [-0.2, -0.15) is 0 Å². The fourth-order valence-electron chi connectivity index (χ4n) is 1.93. The molecule has 0 aromatic heterocycles. The van der Waals surface area contributed by atoms with Crippen molar-refractivity contribution in [3.05, 3.63) is 12.3 Å². The molecule has 0 aromatic rings. The Labute approximate surface area is 97.6 Å². The van der Waals surface area contributed by atoms with Crippen LogP contribution >= 0.6 is 0 Å². The Bertz CT molecular complexity index is 235. The van der Waals surface area contributed by atoms with Crippen LogP contribution in [0.25, 0.3) is 0 Å². The van der Waals surface area contributed by atoms with Crippen LogP contribution in [0.5, 0.6) is 0 Å². The maximum atomic E-state index is 10.8. The molecular formula is C12H22N2O2. The van der Waals surface area contributed by atoms with Gasteiger partial charge in [0.1, 0.15) is 0 Å². The second-order valence-corrected chi connectivity index (χ2v) is 4.29. The first-order chi connectivity index (χ1) is 7.72. The van der Waals surface area contributed by atoms with Crippen LogP contribution in [0.3, 0.4) is 0 Å². The van der Waals surface area contributed by atoms with Crippen molar-refractivity contribution in [3.8, 4) is 0 Å². The molecule has 1 aliphatic heterocycles. The Hall–Kier alpha value is -1.03. The summed E-state index contributed by atoms with van der Waals surface area (Å²) in [6.45, 7) is 5.56. The lowest BCUT2D eigenvalue weighted by Gasteiger charge is -2.29. The van der Waals surface area contributed by atoms with Gasteiger partial charge in [0.2, 0.25) is 0 Å². The molecule has 1 heterocycles. The maximum absolute atomic E-state index is 10.8. The molecule has 0 saturated carbocycles. The number of hydrogen-bond donors (Lipinski definition) is 1. The van der Waals surface area contributed by atoms with Gasteiger partial charge in [-0.25, -0.2) is 4.79 Å². The number of rotatable bonds is 5. The topological polar surface area (TPSA) is 41.6 Å². The Kier molecular flexibility index (Phi) is 5.93. The fraction of sp³-hybridized carbons (Fsp3) is 0.750. The summed E-state index contributed by atoms with van der Waals surface area (Å²) in [5.41, 5.74) is 0. The van der Waals surface area contributed by atoms with Crippen molar-refractivity contribution in [3.63, 3.8) is 0 Å². The highest BCUT2D eigenvalue weighted by Gasteiger charge is 2.12. The highest BCUT2D eigenvalue weighted by Crippen LogP contribution is 2.08. The van der Waals surface area contributed by atoms with Crippen molar-refractivity contribution < 1.29 is 9.53 Å². The smallest absolute Gasteiger partial charge is 0.331 e. The zero-order valence-electron chi connectivity index (χ0n) is 10.2. The summed E-state index contributed by atoms with van der Waals surface area (Å²) in [5, 5.41) is 3.17. The SMILES string of the molecule is COC(=O)/C=C/NC(C)CN1CCCCC1. The van der Waals surface area contributed by atoms with E-state index in [0.29, 0.717) is 6.04 Å². The molecule has 1 aliphatic rings. The van der Waals surface area contributed by atoms with Gasteiger partial charge in [-0.3, -0.25) is 0 Å². The molecule has 0 spiro atoms. The van der Waals surface area contributed by atoms with E-state index in [-0.39, 0.29) is 5.97 Å². The Balaban J connectivity index is 2.16. The van der Waals surface area contributed by atoms with E-state index >= 15 is 0 Å². The first-order valence-corrected chi connectivity index (χ1v) is 5.95. The van der Waals surface area contributed by atoms with E-state index in [4.69, 9.17) is 0 Å². The van der Waals surface area contributed by atoms with Gasteiger partial charge in [0.15, 0.2) is 0 Å². The molecule has 0 aliphatic carbocycles. The Morgan fingerprint density at radius 2 is 2.12 bits per heavy atom. The van der Waals surface area contributed by atoms with E-state index in [1.807, 2.05) is 0 Å². The molecule has 0 amide bonds. The lowest BCUT2D eigenvalue weighted by molar-refractivity contribution is -0.134. The normalized spacial score (nSPS) is 19.6. The summed E-state index contributed by atoms with van der Waals surface area (Å²) in [6.07, 6.45) is 7.06. The lowest BCUT2D eigenvalue weighted by Crippen LogP contribution is -2.39. The predicted octanol–water partition coefficient (Wildman–Crippen LogP) is 1.14. The van der Waals surface area contributed by atoms with Crippen LogP contribution in [0, 0.1) is 0 Å². The zero-order valence-corrected chi connectivity index (χ0v) is 10.2. The molecule has 1 N–H and O–H groups in total. The van der Waals surface area contributed by atoms with E-state index in [9.17, 15) is 4.79 Å². The molecule has 92 valence electrons. The molecule has 0 aromatic carbocycles. The number of hydrogen-bond acceptors (Lipinski definition) is 4. The van der Waals surface area contributed by atoms with E-state index in [0.717, 1.165) is 6.54 Å². The van der Waals surface area contributed by atoms with Gasteiger partial charge in [0.25, 0.3) is 0 Å². The summed E-state index contributed by atoms with van der Waals surface area (Å²) in [5.74, 6) is -0.322. The maximum Gasteiger partial charge on any atom is 0.331 e. The summed E-state index contributed by atoms with van der Waals surface area (Å²) in [4.78, 5) is 13.3. The van der Waals surface area contributed by atoms with Crippen molar-refractivity contribution >= 4 is 5.97 Å².